The summed E-state index contributed by atoms with van der Waals surface area (Å²) in [6, 6.07) is 9.38. The number of rotatable bonds is 6. The standard InChI is InChI=1S/C12H17N5O2S/c1-17(9-10-5-3-2-4-6-10)20(18,19)15-8-11-7-14-16-12(11)13/h2-7,15H,8-9H2,1H3,(H3,13,14,16). The van der Waals surface area contributed by atoms with Gasteiger partial charge in [0.1, 0.15) is 5.82 Å². The number of nitrogens with two attached hydrogens (primary N) is 1. The molecule has 0 atom stereocenters. The number of aromatic amines is 1. The second kappa shape index (κ2) is 6.04. The van der Waals surface area contributed by atoms with Crippen molar-refractivity contribution in [2.75, 3.05) is 12.8 Å². The zero-order valence-electron chi connectivity index (χ0n) is 11.1. The molecule has 0 aliphatic carbocycles. The molecule has 0 aliphatic rings. The van der Waals surface area contributed by atoms with Gasteiger partial charge in [-0.3, -0.25) is 5.10 Å². The van der Waals surface area contributed by atoms with E-state index in [1.807, 2.05) is 30.3 Å². The van der Waals surface area contributed by atoms with E-state index in [2.05, 4.69) is 14.9 Å². The van der Waals surface area contributed by atoms with E-state index in [9.17, 15) is 8.42 Å². The average molecular weight is 295 g/mol. The third-order valence-corrected chi connectivity index (χ3v) is 4.31. The lowest BCUT2D eigenvalue weighted by Gasteiger charge is -2.17. The summed E-state index contributed by atoms with van der Waals surface area (Å²) in [6.45, 7) is 0.404. The van der Waals surface area contributed by atoms with Crippen molar-refractivity contribution in [1.82, 2.24) is 19.2 Å². The van der Waals surface area contributed by atoms with E-state index in [1.54, 1.807) is 0 Å². The molecule has 2 rings (SSSR count). The first-order chi connectivity index (χ1) is 9.49. The molecule has 0 saturated carbocycles. The Balaban J connectivity index is 1.97. The monoisotopic (exact) mass is 295 g/mol. The van der Waals surface area contributed by atoms with Gasteiger partial charge in [0, 0.05) is 25.7 Å². The van der Waals surface area contributed by atoms with Gasteiger partial charge in [-0.15, -0.1) is 0 Å². The van der Waals surface area contributed by atoms with Crippen LogP contribution in [0, 0.1) is 0 Å². The summed E-state index contributed by atoms with van der Waals surface area (Å²) in [5.41, 5.74) is 7.14. The van der Waals surface area contributed by atoms with Crippen molar-refractivity contribution in [2.24, 2.45) is 0 Å². The summed E-state index contributed by atoms with van der Waals surface area (Å²) >= 11 is 0. The molecule has 1 aromatic heterocycles. The van der Waals surface area contributed by atoms with Crippen LogP contribution in [0.15, 0.2) is 36.5 Å². The minimum absolute atomic E-state index is 0.101. The normalized spacial score (nSPS) is 11.9. The highest BCUT2D eigenvalue weighted by Gasteiger charge is 2.18. The van der Waals surface area contributed by atoms with Gasteiger partial charge >= 0.3 is 0 Å². The fourth-order valence-electron chi connectivity index (χ4n) is 1.67. The molecule has 20 heavy (non-hydrogen) atoms. The zero-order valence-corrected chi connectivity index (χ0v) is 11.9. The van der Waals surface area contributed by atoms with Crippen LogP contribution in [-0.2, 0) is 23.3 Å². The molecule has 0 spiro atoms. The van der Waals surface area contributed by atoms with Crippen molar-refractivity contribution in [3.05, 3.63) is 47.7 Å². The van der Waals surface area contributed by atoms with Crippen LogP contribution in [0.25, 0.3) is 0 Å². The Morgan fingerprint density at radius 1 is 1.35 bits per heavy atom. The molecule has 1 aromatic carbocycles. The maximum absolute atomic E-state index is 12.1. The van der Waals surface area contributed by atoms with Gasteiger partial charge in [-0.05, 0) is 5.56 Å². The molecule has 0 unspecified atom stereocenters. The van der Waals surface area contributed by atoms with Gasteiger partial charge in [-0.25, -0.2) is 0 Å². The third-order valence-electron chi connectivity index (χ3n) is 2.85. The zero-order chi connectivity index (χ0) is 14.6. The predicted molar refractivity (Wildman–Crippen MR) is 76.7 cm³/mol. The molecule has 0 bridgehead atoms. The van der Waals surface area contributed by atoms with E-state index in [0.29, 0.717) is 17.9 Å². The maximum Gasteiger partial charge on any atom is 0.279 e. The van der Waals surface area contributed by atoms with Crippen molar-refractivity contribution in [2.45, 2.75) is 13.1 Å². The van der Waals surface area contributed by atoms with Crippen LogP contribution in [0.1, 0.15) is 11.1 Å². The Hall–Kier alpha value is -1.90. The van der Waals surface area contributed by atoms with Gasteiger partial charge in [0.05, 0.1) is 6.20 Å². The van der Waals surface area contributed by atoms with E-state index in [1.165, 1.54) is 17.5 Å². The number of benzene rings is 1. The highest BCUT2D eigenvalue weighted by atomic mass is 32.2. The van der Waals surface area contributed by atoms with Crippen LogP contribution in [0.4, 0.5) is 5.82 Å². The highest BCUT2D eigenvalue weighted by molar-refractivity contribution is 7.87. The summed E-state index contributed by atoms with van der Waals surface area (Å²) < 4.78 is 27.9. The molecule has 108 valence electrons. The first-order valence-corrected chi connectivity index (χ1v) is 7.45. The molecule has 4 N–H and O–H groups in total. The first kappa shape index (κ1) is 14.5. The molecule has 0 amide bonds. The Morgan fingerprint density at radius 3 is 2.65 bits per heavy atom. The fraction of sp³-hybridized carbons (Fsp3) is 0.250. The van der Waals surface area contributed by atoms with Crippen molar-refractivity contribution >= 4 is 16.0 Å². The highest BCUT2D eigenvalue weighted by Crippen LogP contribution is 2.09. The quantitative estimate of drug-likeness (QED) is 0.720. The lowest BCUT2D eigenvalue weighted by Crippen LogP contribution is -2.37. The Labute approximate surface area is 118 Å². The fourth-order valence-corrected chi connectivity index (χ4v) is 2.54. The summed E-state index contributed by atoms with van der Waals surface area (Å²) in [7, 11) is -2.04. The number of nitrogen functional groups attached to an aromatic ring is 1. The van der Waals surface area contributed by atoms with Gasteiger partial charge in [0.15, 0.2) is 0 Å². The molecule has 8 heteroatoms. The third kappa shape index (κ3) is 3.56. The summed E-state index contributed by atoms with van der Waals surface area (Å²) in [5.74, 6) is 0.360. The van der Waals surface area contributed by atoms with E-state index in [-0.39, 0.29) is 6.54 Å². The van der Waals surface area contributed by atoms with E-state index < -0.39 is 10.2 Å². The number of hydrogen-bond acceptors (Lipinski definition) is 4. The largest absolute Gasteiger partial charge is 0.384 e. The van der Waals surface area contributed by atoms with E-state index in [4.69, 9.17) is 5.73 Å². The minimum Gasteiger partial charge on any atom is -0.384 e. The molecular formula is C12H17N5O2S. The second-order valence-corrected chi connectivity index (χ2v) is 6.24. The lowest BCUT2D eigenvalue weighted by molar-refractivity contribution is 0.455. The molecule has 0 radical (unpaired) electrons. The Bertz CT molecular complexity index is 653. The maximum atomic E-state index is 12.1. The van der Waals surface area contributed by atoms with Crippen molar-refractivity contribution < 1.29 is 8.42 Å². The summed E-state index contributed by atoms with van der Waals surface area (Å²) in [4.78, 5) is 0. The van der Waals surface area contributed by atoms with Crippen LogP contribution >= 0.6 is 0 Å². The lowest BCUT2D eigenvalue weighted by atomic mass is 10.2. The molecule has 1 heterocycles. The van der Waals surface area contributed by atoms with Crippen LogP contribution in [0.2, 0.25) is 0 Å². The number of aromatic nitrogens is 2. The van der Waals surface area contributed by atoms with Crippen LogP contribution < -0.4 is 10.5 Å². The topological polar surface area (TPSA) is 104 Å². The number of anilines is 1. The first-order valence-electron chi connectivity index (χ1n) is 6.01. The smallest absolute Gasteiger partial charge is 0.279 e. The number of H-pyrrole nitrogens is 1. The average Bonchev–Trinajstić information content (AvgIpc) is 2.83. The van der Waals surface area contributed by atoms with E-state index in [0.717, 1.165) is 5.56 Å². The molecular weight excluding hydrogens is 278 g/mol. The van der Waals surface area contributed by atoms with Gasteiger partial charge in [-0.2, -0.15) is 22.5 Å². The van der Waals surface area contributed by atoms with E-state index >= 15 is 0 Å². The summed E-state index contributed by atoms with van der Waals surface area (Å²) in [5, 5.41) is 6.29. The Morgan fingerprint density at radius 2 is 2.05 bits per heavy atom. The predicted octanol–water partition coefficient (Wildman–Crippen LogP) is 0.458. The van der Waals surface area contributed by atoms with Gasteiger partial charge in [0.2, 0.25) is 0 Å². The molecule has 0 aliphatic heterocycles. The number of nitrogens with one attached hydrogen (secondary N) is 2. The number of hydrogen-bond donors (Lipinski definition) is 3. The van der Waals surface area contributed by atoms with Crippen LogP contribution in [0.3, 0.4) is 0 Å². The second-order valence-electron chi connectivity index (χ2n) is 4.38. The number of nitrogens with zero attached hydrogens (tertiary/aromatic N) is 2. The minimum atomic E-state index is -3.57. The van der Waals surface area contributed by atoms with Gasteiger partial charge in [-0.1, -0.05) is 30.3 Å². The van der Waals surface area contributed by atoms with Gasteiger partial charge in [0.25, 0.3) is 10.2 Å². The molecule has 7 nitrogen and oxygen atoms in total. The van der Waals surface area contributed by atoms with Crippen LogP contribution in [0.5, 0.6) is 0 Å². The molecule has 0 saturated heterocycles. The SMILES string of the molecule is CN(Cc1ccccc1)S(=O)(=O)NCc1cn[nH]c1N. The molecule has 2 aromatic rings. The Kier molecular flexibility index (Phi) is 4.38. The summed E-state index contributed by atoms with van der Waals surface area (Å²) in [6.07, 6.45) is 1.50. The van der Waals surface area contributed by atoms with Crippen LogP contribution in [-0.4, -0.2) is 30.0 Å². The van der Waals surface area contributed by atoms with Crippen molar-refractivity contribution in [3.63, 3.8) is 0 Å². The van der Waals surface area contributed by atoms with Gasteiger partial charge < -0.3 is 5.73 Å². The molecule has 0 fully saturated rings. The van der Waals surface area contributed by atoms with Crippen molar-refractivity contribution in [3.8, 4) is 0 Å². The van der Waals surface area contributed by atoms with Crippen molar-refractivity contribution in [1.29, 1.82) is 0 Å².